The number of methoxy groups -OCH3 is 1. The number of halogens is 1. The molecule has 0 saturated heterocycles. The summed E-state index contributed by atoms with van der Waals surface area (Å²) in [6.07, 6.45) is 0.153. The van der Waals surface area contributed by atoms with E-state index in [0.29, 0.717) is 44.3 Å². The predicted octanol–water partition coefficient (Wildman–Crippen LogP) is 6.29. The third kappa shape index (κ3) is 5.91. The van der Waals surface area contributed by atoms with Crippen molar-refractivity contribution in [2.24, 2.45) is 0 Å². The Bertz CT molecular complexity index is 1380. The molecule has 0 fully saturated rings. The van der Waals surface area contributed by atoms with Crippen LogP contribution in [0.4, 0.5) is 11.5 Å². The van der Waals surface area contributed by atoms with E-state index in [1.165, 1.54) is 18.9 Å². The first kappa shape index (κ1) is 26.9. The van der Waals surface area contributed by atoms with E-state index in [4.69, 9.17) is 22.1 Å². The first-order valence-corrected chi connectivity index (χ1v) is 12.6. The first-order chi connectivity index (χ1) is 17.2. The Morgan fingerprint density at radius 1 is 1.19 bits per heavy atom. The molecule has 0 bridgehead atoms. The second-order valence-electron chi connectivity index (χ2n) is 8.38. The molecule has 0 atom stereocenters. The molecule has 1 aromatic heterocycles. The van der Waals surface area contributed by atoms with Crippen LogP contribution in [0.15, 0.2) is 41.4 Å². The van der Waals surface area contributed by atoms with Crippen LogP contribution in [0.1, 0.15) is 48.4 Å². The van der Waals surface area contributed by atoms with Crippen LogP contribution in [0.2, 0.25) is 5.02 Å². The zero-order valence-electron chi connectivity index (χ0n) is 20.5. The fourth-order valence-corrected chi connectivity index (χ4v) is 4.70. The third-order valence-corrected chi connectivity index (χ3v) is 6.99. The van der Waals surface area contributed by atoms with E-state index in [0.717, 1.165) is 11.1 Å². The molecule has 36 heavy (non-hydrogen) atoms. The minimum Gasteiger partial charge on any atom is -0.495 e. The fraction of sp³-hybridized carbons (Fsp3) is 0.259. The van der Waals surface area contributed by atoms with Gasteiger partial charge in [0.2, 0.25) is 5.91 Å². The minimum absolute atomic E-state index is 0.0489. The predicted molar refractivity (Wildman–Crippen MR) is 144 cm³/mol. The number of rotatable bonds is 8. The van der Waals surface area contributed by atoms with E-state index in [1.54, 1.807) is 12.1 Å². The molecule has 7 nitrogen and oxygen atoms in total. The smallest absolute Gasteiger partial charge is 0.225 e. The number of nitriles is 2. The number of pyridine rings is 1. The average Bonchev–Trinajstić information content (AvgIpc) is 2.85. The number of nitrogens with one attached hydrogen (secondary N) is 1. The van der Waals surface area contributed by atoms with Crippen LogP contribution in [-0.4, -0.2) is 23.8 Å². The van der Waals surface area contributed by atoms with Gasteiger partial charge in [-0.3, -0.25) is 4.79 Å². The summed E-state index contributed by atoms with van der Waals surface area (Å²) in [6.45, 7) is 6.03. The van der Waals surface area contributed by atoms with Gasteiger partial charge in [0.1, 0.15) is 34.3 Å². The van der Waals surface area contributed by atoms with E-state index < -0.39 is 0 Å². The van der Waals surface area contributed by atoms with E-state index in [2.05, 4.69) is 36.3 Å². The van der Waals surface area contributed by atoms with Crippen LogP contribution in [0.5, 0.6) is 5.75 Å². The Balaban J connectivity index is 1.83. The molecule has 0 radical (unpaired) electrons. The Labute approximate surface area is 220 Å². The quantitative estimate of drug-likeness (QED) is 0.335. The number of ether oxygens (including phenoxy) is 1. The Morgan fingerprint density at radius 2 is 1.86 bits per heavy atom. The number of nitrogen functional groups attached to an aromatic ring is 1. The first-order valence-electron chi connectivity index (χ1n) is 11.2. The topological polar surface area (TPSA) is 125 Å². The van der Waals surface area contributed by atoms with Crippen molar-refractivity contribution in [1.29, 1.82) is 10.5 Å². The maximum absolute atomic E-state index is 12.6. The second-order valence-corrected chi connectivity index (χ2v) is 9.87. The number of anilines is 2. The van der Waals surface area contributed by atoms with Crippen molar-refractivity contribution in [2.45, 2.75) is 38.1 Å². The number of hydrogen-bond acceptors (Lipinski definition) is 7. The highest BCUT2D eigenvalue weighted by Crippen LogP contribution is 2.36. The summed E-state index contributed by atoms with van der Waals surface area (Å²) in [5, 5.41) is 23.5. The number of nitrogens with two attached hydrogens (primary N) is 1. The number of aromatic nitrogens is 1. The second kappa shape index (κ2) is 11.8. The van der Waals surface area contributed by atoms with Gasteiger partial charge in [0.05, 0.1) is 18.4 Å². The van der Waals surface area contributed by atoms with Crippen molar-refractivity contribution in [1.82, 2.24) is 4.98 Å². The van der Waals surface area contributed by atoms with Gasteiger partial charge in [-0.05, 0) is 35.6 Å². The Morgan fingerprint density at radius 3 is 2.44 bits per heavy atom. The van der Waals surface area contributed by atoms with E-state index in [-0.39, 0.29) is 29.3 Å². The summed E-state index contributed by atoms with van der Waals surface area (Å²) >= 11 is 7.37. The van der Waals surface area contributed by atoms with Crippen molar-refractivity contribution in [3.63, 3.8) is 0 Å². The maximum Gasteiger partial charge on any atom is 0.225 e. The molecule has 0 aliphatic carbocycles. The molecule has 3 rings (SSSR count). The van der Waals surface area contributed by atoms with E-state index in [1.807, 2.05) is 31.2 Å². The number of nitrogens with zero attached hydrogens (tertiary/aromatic N) is 3. The number of amides is 1. The molecular formula is C27H26ClN5O2S. The Hall–Kier alpha value is -3.72. The van der Waals surface area contributed by atoms with Crippen molar-refractivity contribution >= 4 is 40.8 Å². The van der Waals surface area contributed by atoms with Crippen LogP contribution >= 0.6 is 23.4 Å². The number of benzene rings is 2. The molecule has 3 N–H and O–H groups in total. The normalized spacial score (nSPS) is 10.6. The van der Waals surface area contributed by atoms with Gasteiger partial charge in [0, 0.05) is 28.8 Å². The summed E-state index contributed by atoms with van der Waals surface area (Å²) in [7, 11) is 1.50. The number of hydrogen-bond donors (Lipinski definition) is 2. The van der Waals surface area contributed by atoms with Crippen LogP contribution in [-0.2, 0) is 4.79 Å². The highest BCUT2D eigenvalue weighted by atomic mass is 35.5. The van der Waals surface area contributed by atoms with Crippen LogP contribution < -0.4 is 15.8 Å². The lowest BCUT2D eigenvalue weighted by atomic mass is 9.94. The van der Waals surface area contributed by atoms with Gasteiger partial charge in [-0.1, -0.05) is 49.7 Å². The molecule has 2 aromatic carbocycles. The summed E-state index contributed by atoms with van der Waals surface area (Å²) in [5.74, 6) is 0.980. The molecule has 0 aliphatic rings. The standard InChI is InChI=1S/C27H26ClN5O2S/c1-15(2)17-5-7-18(8-6-17)25-19(13-29)26(31)33-27(20(25)14-30)36-10-9-24(34)32-22-11-16(3)21(28)12-23(22)35-4/h5-8,11-12,15H,9-10H2,1-4H3,(H2,31,33)(H,32,34). The molecule has 9 heteroatoms. The third-order valence-electron chi connectivity index (χ3n) is 5.60. The summed E-state index contributed by atoms with van der Waals surface area (Å²) in [6, 6.07) is 15.4. The van der Waals surface area contributed by atoms with Gasteiger partial charge in [-0.15, -0.1) is 11.8 Å². The van der Waals surface area contributed by atoms with Gasteiger partial charge < -0.3 is 15.8 Å². The summed E-state index contributed by atoms with van der Waals surface area (Å²) in [5.41, 5.74) is 10.2. The number of carbonyl (C=O) groups excluding carboxylic acids is 1. The lowest BCUT2D eigenvalue weighted by Gasteiger charge is -2.14. The zero-order valence-corrected chi connectivity index (χ0v) is 22.0. The molecule has 1 heterocycles. The fourth-order valence-electron chi connectivity index (χ4n) is 3.61. The molecule has 0 aliphatic heterocycles. The van der Waals surface area contributed by atoms with Gasteiger partial charge in [-0.25, -0.2) is 4.98 Å². The van der Waals surface area contributed by atoms with Crippen LogP contribution in [0.3, 0.4) is 0 Å². The lowest BCUT2D eigenvalue weighted by molar-refractivity contribution is -0.115. The number of aryl methyl sites for hydroxylation is 1. The molecule has 184 valence electrons. The van der Waals surface area contributed by atoms with Gasteiger partial charge in [-0.2, -0.15) is 10.5 Å². The molecule has 0 spiro atoms. The largest absolute Gasteiger partial charge is 0.495 e. The van der Waals surface area contributed by atoms with Crippen molar-refractivity contribution in [3.05, 3.63) is 63.7 Å². The molecule has 3 aromatic rings. The van der Waals surface area contributed by atoms with Crippen LogP contribution in [0.25, 0.3) is 11.1 Å². The Kier molecular flexibility index (Phi) is 8.82. The average molecular weight is 520 g/mol. The SMILES string of the molecule is COc1cc(Cl)c(C)cc1NC(=O)CCSc1nc(N)c(C#N)c(-c2ccc(C(C)C)cc2)c1C#N. The molecule has 0 unspecified atom stereocenters. The number of thioether (sulfide) groups is 1. The minimum atomic E-state index is -0.229. The summed E-state index contributed by atoms with van der Waals surface area (Å²) < 4.78 is 5.31. The molecule has 1 amide bonds. The van der Waals surface area contributed by atoms with E-state index in [9.17, 15) is 15.3 Å². The van der Waals surface area contributed by atoms with Gasteiger partial charge >= 0.3 is 0 Å². The highest BCUT2D eigenvalue weighted by Gasteiger charge is 2.21. The molecule has 0 saturated carbocycles. The monoisotopic (exact) mass is 519 g/mol. The van der Waals surface area contributed by atoms with Crippen molar-refractivity contribution in [2.75, 3.05) is 23.9 Å². The van der Waals surface area contributed by atoms with Gasteiger partial charge in [0.25, 0.3) is 0 Å². The summed E-state index contributed by atoms with van der Waals surface area (Å²) in [4.78, 5) is 16.9. The maximum atomic E-state index is 12.6. The highest BCUT2D eigenvalue weighted by molar-refractivity contribution is 7.99. The zero-order chi connectivity index (χ0) is 26.4. The van der Waals surface area contributed by atoms with Gasteiger partial charge in [0.15, 0.2) is 0 Å². The molecular weight excluding hydrogens is 494 g/mol. The number of carbonyl (C=O) groups is 1. The van der Waals surface area contributed by atoms with Crippen LogP contribution in [0, 0.1) is 29.6 Å². The van der Waals surface area contributed by atoms with Crippen molar-refractivity contribution < 1.29 is 9.53 Å². The van der Waals surface area contributed by atoms with Crippen molar-refractivity contribution in [3.8, 4) is 29.0 Å². The lowest BCUT2D eigenvalue weighted by Crippen LogP contribution is -2.13. The van der Waals surface area contributed by atoms with E-state index >= 15 is 0 Å².